The average Bonchev–Trinajstić information content (AvgIpc) is 2.98. The number of rotatable bonds is 7. The van der Waals surface area contributed by atoms with Gasteiger partial charge in [-0.25, -0.2) is 14.8 Å². The van der Waals surface area contributed by atoms with Crippen molar-refractivity contribution in [3.05, 3.63) is 101 Å². The lowest BCUT2D eigenvalue weighted by Crippen LogP contribution is -2.73. The molecule has 0 bridgehead atoms. The van der Waals surface area contributed by atoms with Crippen LogP contribution in [-0.2, 0) is 28.9 Å². The maximum atomic E-state index is 13.9. The normalized spacial score (nSPS) is 19.3. The van der Waals surface area contributed by atoms with E-state index in [-0.39, 0.29) is 37.6 Å². The summed E-state index contributed by atoms with van der Waals surface area (Å²) in [5.74, 6) is -0.0707. The molecule has 0 aliphatic carbocycles. The van der Waals surface area contributed by atoms with Gasteiger partial charge in [-0.2, -0.15) is 13.2 Å². The van der Waals surface area contributed by atoms with Gasteiger partial charge in [0.25, 0.3) is 5.91 Å². The number of fused-ring (bicyclic) bond motifs is 1. The first-order valence-corrected chi connectivity index (χ1v) is 13.9. The molecule has 3 aromatic rings. The molecule has 226 valence electrons. The Morgan fingerprint density at radius 2 is 1.70 bits per heavy atom. The lowest BCUT2D eigenvalue weighted by Gasteiger charge is -2.54. The van der Waals surface area contributed by atoms with Crippen LogP contribution in [0.15, 0.2) is 78.9 Å². The van der Waals surface area contributed by atoms with Crippen molar-refractivity contribution >= 4 is 17.8 Å². The minimum atomic E-state index is -4.54. The van der Waals surface area contributed by atoms with Gasteiger partial charge in [0, 0.05) is 20.1 Å². The highest BCUT2D eigenvalue weighted by Gasteiger charge is 2.51. The predicted molar refractivity (Wildman–Crippen MR) is 151 cm³/mol. The molecular weight excluding hydrogens is 563 g/mol. The Labute approximate surface area is 247 Å². The van der Waals surface area contributed by atoms with E-state index in [2.05, 4.69) is 5.32 Å². The van der Waals surface area contributed by atoms with Crippen LogP contribution in [0.2, 0.25) is 0 Å². The van der Waals surface area contributed by atoms with E-state index < -0.39 is 35.9 Å². The van der Waals surface area contributed by atoms with Crippen molar-refractivity contribution in [3.8, 4) is 5.75 Å². The summed E-state index contributed by atoms with van der Waals surface area (Å²) in [5.41, 5.74) is 0.833. The molecule has 9 nitrogen and oxygen atoms in total. The first kappa shape index (κ1) is 29.9. The van der Waals surface area contributed by atoms with Gasteiger partial charge in [0.1, 0.15) is 18.0 Å². The van der Waals surface area contributed by atoms with Gasteiger partial charge in [0.15, 0.2) is 0 Å². The number of carbonyl (C=O) groups excluding carboxylic acids is 3. The van der Waals surface area contributed by atoms with Crippen molar-refractivity contribution in [2.45, 2.75) is 38.4 Å². The Hall–Kier alpha value is -4.58. The molecule has 43 heavy (non-hydrogen) atoms. The van der Waals surface area contributed by atoms with Crippen LogP contribution in [0.25, 0.3) is 0 Å². The molecule has 5 rings (SSSR count). The molecular formula is C31H32F3N5O4. The molecule has 1 N–H and O–H groups in total. The van der Waals surface area contributed by atoms with Gasteiger partial charge < -0.3 is 19.9 Å². The number of carbonyl (C=O) groups is 3. The van der Waals surface area contributed by atoms with E-state index in [1.165, 1.54) is 32.0 Å². The summed E-state index contributed by atoms with van der Waals surface area (Å²) in [6.07, 6.45) is -5.44. The van der Waals surface area contributed by atoms with Gasteiger partial charge >= 0.3 is 12.2 Å². The van der Waals surface area contributed by atoms with Crippen LogP contribution in [0.3, 0.4) is 0 Å². The average molecular weight is 596 g/mol. The zero-order chi connectivity index (χ0) is 30.7. The number of amides is 4. The fourth-order valence-corrected chi connectivity index (χ4v) is 5.49. The van der Waals surface area contributed by atoms with E-state index in [4.69, 9.17) is 4.74 Å². The number of likely N-dealkylation sites (N-methyl/N-ethyl adjacent to an activating group) is 1. The second kappa shape index (κ2) is 12.3. The zero-order valence-electron chi connectivity index (χ0n) is 23.8. The topological polar surface area (TPSA) is 85.4 Å². The monoisotopic (exact) mass is 595 g/mol. The summed E-state index contributed by atoms with van der Waals surface area (Å²) in [6, 6.07) is 19.2. The molecule has 0 unspecified atom stereocenters. The smallest absolute Gasteiger partial charge is 0.416 e. The van der Waals surface area contributed by atoms with E-state index in [1.807, 2.05) is 19.1 Å². The number of halogens is 3. The molecule has 0 radical (unpaired) electrons. The highest BCUT2D eigenvalue weighted by Crippen LogP contribution is 2.36. The minimum absolute atomic E-state index is 0.0923. The number of alkyl halides is 3. The van der Waals surface area contributed by atoms with E-state index in [0.29, 0.717) is 17.9 Å². The fourth-order valence-electron chi connectivity index (χ4n) is 5.49. The second-order valence-corrected chi connectivity index (χ2v) is 10.4. The number of benzene rings is 3. The first-order valence-electron chi connectivity index (χ1n) is 13.9. The number of piperazine rings is 1. The van der Waals surface area contributed by atoms with Gasteiger partial charge in [0.05, 0.1) is 25.3 Å². The molecule has 12 heteroatoms. The fraction of sp³-hybridized carbons (Fsp3) is 0.323. The maximum absolute atomic E-state index is 13.9. The standard InChI is InChI=1S/C31H32F3N5O4/c1-3-43-25-14-12-21(13-15-25)17-35-30(42)39-26-19-37(18-22-8-7-11-24(16-22)31(32,33)34)29(41)28(23-9-5-4-6-10-23)38(26)27(40)20-36(39)2/h4-16,26,28H,3,17-20H2,1-2H3,(H,35,42)/t26-,28-/m0/s1. The molecule has 2 fully saturated rings. The van der Waals surface area contributed by atoms with Crippen LogP contribution in [0, 0.1) is 0 Å². The Morgan fingerprint density at radius 1 is 0.977 bits per heavy atom. The lowest BCUT2D eigenvalue weighted by atomic mass is 9.98. The number of hydrogen-bond acceptors (Lipinski definition) is 5. The molecule has 2 atom stereocenters. The Morgan fingerprint density at radius 3 is 2.37 bits per heavy atom. The third-order valence-corrected chi connectivity index (χ3v) is 7.46. The summed E-state index contributed by atoms with van der Waals surface area (Å²) >= 11 is 0. The maximum Gasteiger partial charge on any atom is 0.416 e. The molecule has 2 aliphatic rings. The quantitative estimate of drug-likeness (QED) is 0.438. The van der Waals surface area contributed by atoms with Gasteiger partial charge in [-0.1, -0.05) is 54.6 Å². The van der Waals surface area contributed by atoms with Gasteiger partial charge in [0.2, 0.25) is 5.91 Å². The van der Waals surface area contributed by atoms with Crippen molar-refractivity contribution in [2.24, 2.45) is 0 Å². The molecule has 2 saturated heterocycles. The molecule has 4 amide bonds. The second-order valence-electron chi connectivity index (χ2n) is 10.4. The van der Waals surface area contributed by atoms with Crippen molar-refractivity contribution in [3.63, 3.8) is 0 Å². The molecule has 0 spiro atoms. The highest BCUT2D eigenvalue weighted by molar-refractivity contribution is 5.92. The number of nitrogens with one attached hydrogen (secondary N) is 1. The van der Waals surface area contributed by atoms with E-state index in [9.17, 15) is 27.6 Å². The van der Waals surface area contributed by atoms with Crippen LogP contribution in [0.1, 0.15) is 35.2 Å². The largest absolute Gasteiger partial charge is 0.494 e. The van der Waals surface area contributed by atoms with E-state index in [1.54, 1.807) is 49.5 Å². The Balaban J connectivity index is 1.44. The van der Waals surface area contributed by atoms with Gasteiger partial charge in [-0.05, 0) is 47.9 Å². The van der Waals surface area contributed by atoms with Crippen molar-refractivity contribution in [1.82, 2.24) is 25.1 Å². The number of ether oxygens (including phenoxy) is 1. The van der Waals surface area contributed by atoms with Crippen molar-refractivity contribution in [2.75, 3.05) is 26.7 Å². The Kier molecular flexibility index (Phi) is 8.58. The summed E-state index contributed by atoms with van der Waals surface area (Å²) in [7, 11) is 1.61. The summed E-state index contributed by atoms with van der Waals surface area (Å²) in [4.78, 5) is 43.8. The third kappa shape index (κ3) is 6.43. The van der Waals surface area contributed by atoms with E-state index in [0.717, 1.165) is 17.7 Å². The molecule has 2 heterocycles. The molecule has 2 aliphatic heterocycles. The lowest BCUT2D eigenvalue weighted by molar-refractivity contribution is -0.188. The third-order valence-electron chi connectivity index (χ3n) is 7.46. The van der Waals surface area contributed by atoms with Crippen LogP contribution < -0.4 is 10.1 Å². The molecule has 0 saturated carbocycles. The summed E-state index contributed by atoms with van der Waals surface area (Å²) in [6.45, 7) is 2.26. The predicted octanol–water partition coefficient (Wildman–Crippen LogP) is 4.41. The van der Waals surface area contributed by atoms with Crippen LogP contribution in [0.4, 0.5) is 18.0 Å². The van der Waals surface area contributed by atoms with Crippen molar-refractivity contribution in [1.29, 1.82) is 0 Å². The molecule has 3 aromatic carbocycles. The van der Waals surface area contributed by atoms with Crippen LogP contribution in [-0.4, -0.2) is 70.6 Å². The number of hydrogen-bond donors (Lipinski definition) is 1. The zero-order valence-corrected chi connectivity index (χ0v) is 23.8. The van der Waals surface area contributed by atoms with E-state index >= 15 is 0 Å². The SMILES string of the molecule is CCOc1ccc(CNC(=O)N2[C@H]3CN(Cc4cccc(C(F)(F)F)c4)C(=O)[C@H](c4ccccc4)N3C(=O)CN2C)cc1. The summed E-state index contributed by atoms with van der Waals surface area (Å²) in [5, 5.41) is 5.79. The van der Waals surface area contributed by atoms with Crippen molar-refractivity contribution < 1.29 is 32.3 Å². The van der Waals surface area contributed by atoms with Crippen LogP contribution in [0.5, 0.6) is 5.75 Å². The molecule has 0 aromatic heterocycles. The number of hydrazine groups is 1. The highest BCUT2D eigenvalue weighted by atomic mass is 19.4. The number of urea groups is 1. The van der Waals surface area contributed by atoms with Crippen LogP contribution >= 0.6 is 0 Å². The number of nitrogens with zero attached hydrogens (tertiary/aromatic N) is 4. The minimum Gasteiger partial charge on any atom is -0.494 e. The first-order chi connectivity index (χ1) is 20.6. The summed E-state index contributed by atoms with van der Waals surface area (Å²) < 4.78 is 45.7. The van der Waals surface area contributed by atoms with Gasteiger partial charge in [-0.15, -0.1) is 0 Å². The Bertz CT molecular complexity index is 1470. The van der Waals surface area contributed by atoms with Gasteiger partial charge in [-0.3, -0.25) is 9.59 Å².